The Balaban J connectivity index is 1.90. The van der Waals surface area contributed by atoms with E-state index in [1.165, 1.54) is 6.08 Å². The van der Waals surface area contributed by atoms with Crippen molar-refractivity contribution in [2.45, 2.75) is 0 Å². The lowest BCUT2D eigenvalue weighted by Crippen LogP contribution is -2.40. The van der Waals surface area contributed by atoms with E-state index in [-0.39, 0.29) is 0 Å². The van der Waals surface area contributed by atoms with E-state index in [2.05, 4.69) is 26.8 Å². The molecule has 0 atom stereocenters. The summed E-state index contributed by atoms with van der Waals surface area (Å²) in [6, 6.07) is 14.0. The number of hydrogen-bond donors (Lipinski definition) is 2. The molecule has 6 heteroatoms. The molecule has 0 spiro atoms. The van der Waals surface area contributed by atoms with Gasteiger partial charge in [0.25, 0.3) is 11.8 Å². The van der Waals surface area contributed by atoms with Crippen LogP contribution in [0.15, 0.2) is 59.1 Å². The molecule has 0 saturated carbocycles. The lowest BCUT2D eigenvalue weighted by Gasteiger charge is -2.06. The molecule has 0 heterocycles. The minimum absolute atomic E-state index is 0.406. The first-order valence-corrected chi connectivity index (χ1v) is 7.52. The standard InChI is InChI=1S/C16H12BrClN2O2/c17-14-7-2-1-6-13(14)16(22)20-19-15(21)9-8-11-4-3-5-12(18)10-11/h1-10H,(H,19,21)(H,20,22)/b9-8+. The van der Waals surface area contributed by atoms with Gasteiger partial charge in [0.15, 0.2) is 0 Å². The molecule has 112 valence electrons. The third kappa shape index (κ3) is 4.72. The lowest BCUT2D eigenvalue weighted by molar-refractivity contribution is -0.117. The van der Waals surface area contributed by atoms with Crippen LogP contribution in [0.25, 0.3) is 6.08 Å². The molecule has 2 amide bonds. The van der Waals surface area contributed by atoms with Crippen LogP contribution in [0, 0.1) is 0 Å². The van der Waals surface area contributed by atoms with Crippen molar-refractivity contribution in [3.05, 3.63) is 75.2 Å². The maximum absolute atomic E-state index is 11.9. The highest BCUT2D eigenvalue weighted by molar-refractivity contribution is 9.10. The Kier molecular flexibility index (Phi) is 5.75. The molecule has 2 rings (SSSR count). The molecule has 0 radical (unpaired) electrons. The summed E-state index contributed by atoms with van der Waals surface area (Å²) >= 11 is 9.12. The van der Waals surface area contributed by atoms with Crippen molar-refractivity contribution in [1.82, 2.24) is 10.9 Å². The van der Waals surface area contributed by atoms with Crippen LogP contribution in [0.3, 0.4) is 0 Å². The van der Waals surface area contributed by atoms with Crippen molar-refractivity contribution in [2.75, 3.05) is 0 Å². The van der Waals surface area contributed by atoms with Crippen molar-refractivity contribution < 1.29 is 9.59 Å². The number of carbonyl (C=O) groups is 2. The Morgan fingerprint density at radius 3 is 2.55 bits per heavy atom. The third-order valence-electron chi connectivity index (χ3n) is 2.69. The van der Waals surface area contributed by atoms with Gasteiger partial charge in [0.2, 0.25) is 0 Å². The second-order valence-corrected chi connectivity index (χ2v) is 5.60. The van der Waals surface area contributed by atoms with Gasteiger partial charge in [0.05, 0.1) is 5.56 Å². The molecule has 0 aliphatic rings. The summed E-state index contributed by atoms with van der Waals surface area (Å²) in [4.78, 5) is 23.6. The molecule has 0 bridgehead atoms. The number of halogens is 2. The van der Waals surface area contributed by atoms with Crippen LogP contribution in [-0.2, 0) is 4.79 Å². The Hall–Kier alpha value is -2.11. The third-order valence-corrected chi connectivity index (χ3v) is 3.62. The van der Waals surface area contributed by atoms with E-state index in [9.17, 15) is 9.59 Å². The van der Waals surface area contributed by atoms with Crippen molar-refractivity contribution in [1.29, 1.82) is 0 Å². The summed E-state index contributed by atoms with van der Waals surface area (Å²) in [6.45, 7) is 0. The van der Waals surface area contributed by atoms with E-state index in [0.717, 1.165) is 5.56 Å². The number of benzene rings is 2. The van der Waals surface area contributed by atoms with Crippen LogP contribution >= 0.6 is 27.5 Å². The van der Waals surface area contributed by atoms with Gasteiger partial charge in [-0.25, -0.2) is 0 Å². The first-order valence-electron chi connectivity index (χ1n) is 6.35. The molecule has 0 aliphatic carbocycles. The normalized spacial score (nSPS) is 10.5. The predicted octanol–water partition coefficient (Wildman–Crippen LogP) is 3.58. The first kappa shape index (κ1) is 16.3. The average molecular weight is 380 g/mol. The molecule has 4 nitrogen and oxygen atoms in total. The molecule has 0 fully saturated rings. The van der Waals surface area contributed by atoms with Gasteiger partial charge >= 0.3 is 0 Å². The summed E-state index contributed by atoms with van der Waals surface area (Å²) in [7, 11) is 0. The second-order valence-electron chi connectivity index (χ2n) is 4.31. The molecule has 22 heavy (non-hydrogen) atoms. The summed E-state index contributed by atoms with van der Waals surface area (Å²) in [5.74, 6) is -0.850. The van der Waals surface area contributed by atoms with Gasteiger partial charge < -0.3 is 0 Å². The fraction of sp³-hybridized carbons (Fsp3) is 0. The Bertz CT molecular complexity index is 732. The highest BCUT2D eigenvalue weighted by Gasteiger charge is 2.08. The smallest absolute Gasteiger partial charge is 0.268 e. The van der Waals surface area contributed by atoms with Crippen molar-refractivity contribution >= 4 is 45.4 Å². The zero-order valence-corrected chi connectivity index (χ0v) is 13.7. The van der Waals surface area contributed by atoms with E-state index < -0.39 is 11.8 Å². The zero-order chi connectivity index (χ0) is 15.9. The average Bonchev–Trinajstić information content (AvgIpc) is 2.51. The van der Waals surface area contributed by atoms with E-state index in [1.807, 2.05) is 6.07 Å². The van der Waals surface area contributed by atoms with E-state index in [4.69, 9.17) is 11.6 Å². The monoisotopic (exact) mass is 378 g/mol. The highest BCUT2D eigenvalue weighted by atomic mass is 79.9. The highest BCUT2D eigenvalue weighted by Crippen LogP contribution is 2.15. The van der Waals surface area contributed by atoms with Gasteiger partial charge in [0, 0.05) is 15.6 Å². The van der Waals surface area contributed by atoms with Crippen molar-refractivity contribution in [3.63, 3.8) is 0 Å². The van der Waals surface area contributed by atoms with Crippen LogP contribution in [-0.4, -0.2) is 11.8 Å². The topological polar surface area (TPSA) is 58.2 Å². The fourth-order valence-corrected chi connectivity index (χ4v) is 2.32. The van der Waals surface area contributed by atoms with Gasteiger partial charge in [-0.05, 0) is 51.8 Å². The van der Waals surface area contributed by atoms with Crippen LogP contribution in [0.4, 0.5) is 0 Å². The summed E-state index contributed by atoms with van der Waals surface area (Å²) in [5, 5.41) is 0.588. The molecule has 0 saturated heterocycles. The number of nitrogens with one attached hydrogen (secondary N) is 2. The first-order chi connectivity index (χ1) is 10.6. The van der Waals surface area contributed by atoms with Gasteiger partial charge in [-0.1, -0.05) is 35.9 Å². The molecule has 0 aromatic heterocycles. The molecule has 2 N–H and O–H groups in total. The Labute approximate surface area is 141 Å². The van der Waals surface area contributed by atoms with Gasteiger partial charge in [-0.3, -0.25) is 20.4 Å². The van der Waals surface area contributed by atoms with Crippen LogP contribution in [0.1, 0.15) is 15.9 Å². The second kappa shape index (κ2) is 7.77. The molecule has 0 aliphatic heterocycles. The molecular weight excluding hydrogens is 368 g/mol. The maximum atomic E-state index is 11.9. The number of hydrogen-bond acceptors (Lipinski definition) is 2. The van der Waals surface area contributed by atoms with Crippen LogP contribution in [0.2, 0.25) is 5.02 Å². The molecule has 2 aromatic rings. The van der Waals surface area contributed by atoms with Crippen molar-refractivity contribution in [3.8, 4) is 0 Å². The summed E-state index contributed by atoms with van der Waals surface area (Å²) in [6.07, 6.45) is 2.91. The number of rotatable bonds is 3. The largest absolute Gasteiger partial charge is 0.270 e. The van der Waals surface area contributed by atoms with Gasteiger partial charge in [-0.15, -0.1) is 0 Å². The molecular formula is C16H12BrClN2O2. The lowest BCUT2D eigenvalue weighted by atomic mass is 10.2. The van der Waals surface area contributed by atoms with E-state index >= 15 is 0 Å². The van der Waals surface area contributed by atoms with Gasteiger partial charge in [0.1, 0.15) is 0 Å². The summed E-state index contributed by atoms with van der Waals surface area (Å²) < 4.78 is 0.649. The van der Waals surface area contributed by atoms with Crippen LogP contribution in [0.5, 0.6) is 0 Å². The number of carbonyl (C=O) groups excluding carboxylic acids is 2. The molecule has 0 unspecified atom stereocenters. The predicted molar refractivity (Wildman–Crippen MR) is 90.2 cm³/mol. The Morgan fingerprint density at radius 2 is 1.82 bits per heavy atom. The minimum Gasteiger partial charge on any atom is -0.268 e. The van der Waals surface area contributed by atoms with Gasteiger partial charge in [-0.2, -0.15) is 0 Å². The zero-order valence-electron chi connectivity index (χ0n) is 11.3. The fourth-order valence-electron chi connectivity index (χ4n) is 1.65. The number of amides is 2. The molecule has 2 aromatic carbocycles. The Morgan fingerprint density at radius 1 is 1.05 bits per heavy atom. The van der Waals surface area contributed by atoms with Crippen molar-refractivity contribution in [2.24, 2.45) is 0 Å². The summed E-state index contributed by atoms with van der Waals surface area (Å²) in [5.41, 5.74) is 5.88. The SMILES string of the molecule is O=C(/C=C/c1cccc(Cl)c1)NNC(=O)c1ccccc1Br. The minimum atomic E-state index is -0.444. The van der Waals surface area contributed by atoms with E-state index in [0.29, 0.717) is 15.1 Å². The van der Waals surface area contributed by atoms with E-state index in [1.54, 1.807) is 48.5 Å². The maximum Gasteiger partial charge on any atom is 0.270 e. The quantitative estimate of drug-likeness (QED) is 0.632. The number of hydrazine groups is 1. The van der Waals surface area contributed by atoms with Crippen LogP contribution < -0.4 is 10.9 Å².